The summed E-state index contributed by atoms with van der Waals surface area (Å²) in [5, 5.41) is 9.57. The first-order chi connectivity index (χ1) is 16.1. The van der Waals surface area contributed by atoms with Crippen LogP contribution in [-0.4, -0.2) is 30.1 Å². The van der Waals surface area contributed by atoms with Crippen molar-refractivity contribution in [2.75, 3.05) is 5.73 Å². The standard InChI is InChI=1S/C25H23N7S/c1-4-15(16-8-17(26)11-27-10-16)9-18-20(5-2)31-32-24(18)25-29-21-13-28-12-19(23(21)30-25)22-7-6-14(3)33-22/h4-13,31H,26H2,1-3H3,(H,29,30)/b15-4-,18-9+,20-5+. The number of allylic oxidation sites excluding steroid dienone is 2. The first kappa shape index (κ1) is 20.8. The van der Waals surface area contributed by atoms with Crippen molar-refractivity contribution < 1.29 is 0 Å². The normalized spacial score (nSPS) is 13.4. The molecule has 5 aromatic heterocycles. The summed E-state index contributed by atoms with van der Waals surface area (Å²) in [6, 6.07) is 6.14. The van der Waals surface area contributed by atoms with E-state index in [2.05, 4.69) is 50.3 Å². The number of nitrogen functional groups attached to an aromatic ring is 1. The van der Waals surface area contributed by atoms with Crippen LogP contribution in [0.25, 0.3) is 50.7 Å². The predicted molar refractivity (Wildman–Crippen MR) is 136 cm³/mol. The average molecular weight is 454 g/mol. The van der Waals surface area contributed by atoms with Crippen molar-refractivity contribution in [1.82, 2.24) is 30.1 Å². The molecule has 0 amide bonds. The molecule has 5 rings (SSSR count). The number of pyridine rings is 2. The van der Waals surface area contributed by atoms with Gasteiger partial charge in [0, 0.05) is 44.7 Å². The van der Waals surface area contributed by atoms with Gasteiger partial charge in [0.2, 0.25) is 0 Å². The summed E-state index contributed by atoms with van der Waals surface area (Å²) in [6.45, 7) is 6.07. The molecule has 0 spiro atoms. The summed E-state index contributed by atoms with van der Waals surface area (Å²) < 4.78 is 0. The molecule has 8 heteroatoms. The molecule has 0 radical (unpaired) electrons. The fraction of sp³-hybridized carbons (Fsp3) is 0.120. The number of aromatic nitrogens is 6. The van der Waals surface area contributed by atoms with E-state index in [1.807, 2.05) is 38.3 Å². The molecule has 0 bridgehead atoms. The molecule has 0 saturated carbocycles. The number of aromatic amines is 2. The summed E-state index contributed by atoms with van der Waals surface area (Å²) >= 11 is 1.73. The lowest BCUT2D eigenvalue weighted by Gasteiger charge is -2.02. The van der Waals surface area contributed by atoms with Crippen molar-refractivity contribution in [2.24, 2.45) is 0 Å². The van der Waals surface area contributed by atoms with Crippen molar-refractivity contribution in [3.63, 3.8) is 0 Å². The Kier molecular flexibility index (Phi) is 5.35. The zero-order chi connectivity index (χ0) is 22.9. The van der Waals surface area contributed by atoms with Crippen molar-refractivity contribution in [1.29, 1.82) is 0 Å². The molecule has 0 aromatic carbocycles. The second-order valence-corrected chi connectivity index (χ2v) is 8.95. The maximum atomic E-state index is 5.96. The number of nitrogens with zero attached hydrogens (tertiary/aromatic N) is 4. The van der Waals surface area contributed by atoms with E-state index in [9.17, 15) is 0 Å². The van der Waals surface area contributed by atoms with Gasteiger partial charge >= 0.3 is 0 Å². The number of nitrogens with one attached hydrogen (secondary N) is 2. The third-order valence-corrected chi connectivity index (χ3v) is 6.48. The summed E-state index contributed by atoms with van der Waals surface area (Å²) in [7, 11) is 0. The van der Waals surface area contributed by atoms with Crippen LogP contribution in [0.5, 0.6) is 0 Å². The number of fused-ring (bicyclic) bond motifs is 1. The van der Waals surface area contributed by atoms with E-state index in [1.165, 1.54) is 4.88 Å². The number of rotatable bonds is 4. The quantitative estimate of drug-likeness (QED) is 0.380. The number of nitrogens with two attached hydrogens (primary N) is 1. The molecule has 0 aliphatic heterocycles. The second kappa shape index (κ2) is 8.48. The van der Waals surface area contributed by atoms with E-state index in [0.29, 0.717) is 11.5 Å². The first-order valence-electron chi connectivity index (χ1n) is 10.6. The van der Waals surface area contributed by atoms with E-state index < -0.39 is 0 Å². The molecule has 0 unspecified atom stereocenters. The Morgan fingerprint density at radius 1 is 1.09 bits per heavy atom. The molecule has 0 saturated heterocycles. The van der Waals surface area contributed by atoms with Gasteiger partial charge in [-0.2, -0.15) is 5.10 Å². The van der Waals surface area contributed by atoms with E-state index in [1.54, 1.807) is 29.9 Å². The van der Waals surface area contributed by atoms with Gasteiger partial charge in [0.25, 0.3) is 0 Å². The van der Waals surface area contributed by atoms with Gasteiger partial charge in [-0.3, -0.25) is 15.1 Å². The minimum Gasteiger partial charge on any atom is -0.397 e. The van der Waals surface area contributed by atoms with Crippen molar-refractivity contribution in [3.05, 3.63) is 70.1 Å². The van der Waals surface area contributed by atoms with Gasteiger partial charge in [-0.05, 0) is 50.6 Å². The molecule has 33 heavy (non-hydrogen) atoms. The Hall–Kier alpha value is -4.04. The molecule has 4 N–H and O–H groups in total. The average Bonchev–Trinajstić information content (AvgIpc) is 3.54. The zero-order valence-electron chi connectivity index (χ0n) is 18.5. The lowest BCUT2D eigenvalue weighted by Crippen LogP contribution is -2.23. The van der Waals surface area contributed by atoms with Crippen molar-refractivity contribution in [2.45, 2.75) is 20.8 Å². The van der Waals surface area contributed by atoms with E-state index in [-0.39, 0.29) is 0 Å². The number of thiophene rings is 1. The smallest absolute Gasteiger partial charge is 0.159 e. The minimum absolute atomic E-state index is 0.621. The van der Waals surface area contributed by atoms with E-state index in [0.717, 1.165) is 48.9 Å². The van der Waals surface area contributed by atoms with Gasteiger partial charge in [0.15, 0.2) is 5.82 Å². The Labute approximate surface area is 194 Å². The molecule has 0 fully saturated rings. The molecule has 5 heterocycles. The molecule has 0 atom stereocenters. The molecule has 7 nitrogen and oxygen atoms in total. The van der Waals surface area contributed by atoms with Crippen LogP contribution in [-0.2, 0) is 0 Å². The lowest BCUT2D eigenvalue weighted by atomic mass is 10.1. The fourth-order valence-corrected chi connectivity index (χ4v) is 4.70. The summed E-state index contributed by atoms with van der Waals surface area (Å²) in [4.78, 5) is 19.4. The van der Waals surface area contributed by atoms with Crippen molar-refractivity contribution >= 4 is 45.8 Å². The molecular weight excluding hydrogens is 430 g/mol. The molecule has 0 aliphatic rings. The Morgan fingerprint density at radius 2 is 1.94 bits per heavy atom. The first-order valence-corrected chi connectivity index (χ1v) is 11.4. The fourth-order valence-electron chi connectivity index (χ4n) is 3.82. The highest BCUT2D eigenvalue weighted by Crippen LogP contribution is 2.32. The summed E-state index contributed by atoms with van der Waals surface area (Å²) in [5.41, 5.74) is 12.0. The summed E-state index contributed by atoms with van der Waals surface area (Å²) in [6.07, 6.45) is 13.2. The lowest BCUT2D eigenvalue weighted by molar-refractivity contribution is 1.05. The van der Waals surface area contributed by atoms with E-state index in [4.69, 9.17) is 10.7 Å². The van der Waals surface area contributed by atoms with E-state index >= 15 is 0 Å². The molecule has 5 aromatic rings. The van der Waals surface area contributed by atoms with Gasteiger partial charge in [0.05, 0.1) is 22.8 Å². The molecule has 0 aliphatic carbocycles. The van der Waals surface area contributed by atoms with Crippen LogP contribution in [0.1, 0.15) is 24.3 Å². The van der Waals surface area contributed by atoms with Gasteiger partial charge in [-0.1, -0.05) is 12.2 Å². The highest BCUT2D eigenvalue weighted by Gasteiger charge is 2.15. The Morgan fingerprint density at radius 3 is 2.67 bits per heavy atom. The number of H-pyrrole nitrogens is 2. The van der Waals surface area contributed by atoms with Crippen LogP contribution in [0.2, 0.25) is 0 Å². The van der Waals surface area contributed by atoms with Crippen LogP contribution in [0, 0.1) is 6.92 Å². The van der Waals surface area contributed by atoms with Gasteiger partial charge in [-0.15, -0.1) is 11.3 Å². The van der Waals surface area contributed by atoms with Crippen LogP contribution in [0.3, 0.4) is 0 Å². The van der Waals surface area contributed by atoms with Gasteiger partial charge in [-0.25, -0.2) is 4.98 Å². The SMILES string of the molecule is C/C=C(/C=c1/c(-c2nc3c(-c4ccc(C)s4)cncc3[nH]2)n[nH]/c1=C/C)c1cncc(N)c1. The topological polar surface area (TPSA) is 109 Å². The molecule has 164 valence electrons. The van der Waals surface area contributed by atoms with Crippen LogP contribution in [0.15, 0.2) is 49.1 Å². The zero-order valence-corrected chi connectivity index (χ0v) is 19.4. The highest BCUT2D eigenvalue weighted by molar-refractivity contribution is 7.15. The predicted octanol–water partition coefficient (Wildman–Crippen LogP) is 4.05. The highest BCUT2D eigenvalue weighted by atomic mass is 32.1. The minimum atomic E-state index is 0.621. The summed E-state index contributed by atoms with van der Waals surface area (Å²) in [5.74, 6) is 0.685. The Bertz CT molecular complexity index is 1620. The number of aryl methyl sites for hydroxylation is 1. The molecular formula is C25H23N7S. The van der Waals surface area contributed by atoms with Crippen LogP contribution < -0.4 is 16.3 Å². The monoisotopic (exact) mass is 453 g/mol. The van der Waals surface area contributed by atoms with Gasteiger partial charge in [0.1, 0.15) is 11.2 Å². The number of hydrogen-bond donors (Lipinski definition) is 3. The number of anilines is 1. The number of imidazole rings is 1. The Balaban J connectivity index is 1.69. The van der Waals surface area contributed by atoms with Crippen LogP contribution >= 0.6 is 11.3 Å². The van der Waals surface area contributed by atoms with Crippen LogP contribution in [0.4, 0.5) is 5.69 Å². The third kappa shape index (κ3) is 3.85. The third-order valence-electron chi connectivity index (χ3n) is 5.45. The van der Waals surface area contributed by atoms with Gasteiger partial charge < -0.3 is 10.7 Å². The largest absolute Gasteiger partial charge is 0.397 e. The maximum Gasteiger partial charge on any atom is 0.159 e. The second-order valence-electron chi connectivity index (χ2n) is 7.66. The number of hydrogen-bond acceptors (Lipinski definition) is 6. The maximum absolute atomic E-state index is 5.96. The van der Waals surface area contributed by atoms with Crippen molar-refractivity contribution in [3.8, 4) is 22.0 Å².